The van der Waals surface area contributed by atoms with Gasteiger partial charge in [0.05, 0.1) is 10.2 Å². The summed E-state index contributed by atoms with van der Waals surface area (Å²) in [6.45, 7) is 1.14. The average Bonchev–Trinajstić information content (AvgIpc) is 2.42. The summed E-state index contributed by atoms with van der Waals surface area (Å²) in [5.74, 6) is 0.396. The predicted octanol–water partition coefficient (Wildman–Crippen LogP) is 4.23. The molecule has 3 nitrogen and oxygen atoms in total. The first-order chi connectivity index (χ1) is 9.63. The van der Waals surface area contributed by atoms with Gasteiger partial charge in [0.2, 0.25) is 0 Å². The minimum Gasteiger partial charge on any atom is -0.330 e. The molecule has 6 heteroatoms. The van der Waals surface area contributed by atoms with Crippen LogP contribution >= 0.6 is 31.9 Å². The molecule has 2 N–H and O–H groups in total. The largest absolute Gasteiger partial charge is 0.330 e. The Labute approximate surface area is 134 Å². The van der Waals surface area contributed by atoms with Gasteiger partial charge < -0.3 is 10.6 Å². The summed E-state index contributed by atoms with van der Waals surface area (Å²) in [6.07, 6.45) is 2.44. The van der Waals surface area contributed by atoms with Crippen molar-refractivity contribution in [1.29, 1.82) is 0 Å². The maximum Gasteiger partial charge on any atom is 0.147 e. The molecular weight excluding hydrogens is 389 g/mol. The Bertz CT molecular complexity index is 592. The smallest absolute Gasteiger partial charge is 0.147 e. The Hall–Kier alpha value is -0.980. The summed E-state index contributed by atoms with van der Waals surface area (Å²) in [5, 5.41) is 0. The summed E-state index contributed by atoms with van der Waals surface area (Å²) in [6, 6.07) is 8.54. The number of nitrogens with zero attached hydrogens (tertiary/aromatic N) is 2. The summed E-state index contributed by atoms with van der Waals surface area (Å²) in [5.41, 5.74) is 6.07. The molecule has 1 heterocycles. The molecule has 2 rings (SSSR count). The van der Waals surface area contributed by atoms with E-state index in [-0.39, 0.29) is 5.82 Å². The van der Waals surface area contributed by atoms with Gasteiger partial charge in [0.15, 0.2) is 0 Å². The van der Waals surface area contributed by atoms with Crippen LogP contribution in [0.4, 0.5) is 15.9 Å². The number of nitrogens with two attached hydrogens (primary N) is 1. The normalized spacial score (nSPS) is 10.6. The van der Waals surface area contributed by atoms with Crippen molar-refractivity contribution in [2.45, 2.75) is 6.42 Å². The van der Waals surface area contributed by atoms with Crippen LogP contribution in [0, 0.1) is 5.82 Å². The van der Waals surface area contributed by atoms with Gasteiger partial charge in [-0.25, -0.2) is 9.37 Å². The van der Waals surface area contributed by atoms with Gasteiger partial charge in [-0.15, -0.1) is 0 Å². The Kier molecular flexibility index (Phi) is 5.51. The minimum absolute atomic E-state index is 0.277. The van der Waals surface area contributed by atoms with E-state index in [1.807, 2.05) is 11.0 Å². The van der Waals surface area contributed by atoms with Gasteiger partial charge in [-0.05, 0) is 63.0 Å². The van der Waals surface area contributed by atoms with Crippen LogP contribution in [0.5, 0.6) is 0 Å². The second kappa shape index (κ2) is 7.15. The summed E-state index contributed by atoms with van der Waals surface area (Å²) < 4.78 is 15.7. The quantitative estimate of drug-likeness (QED) is 0.813. The van der Waals surface area contributed by atoms with E-state index in [0.717, 1.165) is 15.4 Å². The first-order valence-electron chi connectivity index (χ1n) is 6.16. The lowest BCUT2D eigenvalue weighted by Crippen LogP contribution is -2.23. The molecule has 0 atom stereocenters. The Morgan fingerprint density at radius 3 is 2.65 bits per heavy atom. The highest BCUT2D eigenvalue weighted by Crippen LogP contribution is 2.33. The highest BCUT2D eigenvalue weighted by Gasteiger charge is 2.17. The fraction of sp³-hybridized carbons (Fsp3) is 0.214. The van der Waals surface area contributed by atoms with Crippen LogP contribution in [0.15, 0.2) is 45.5 Å². The van der Waals surface area contributed by atoms with E-state index in [9.17, 15) is 4.39 Å². The molecule has 0 saturated carbocycles. The number of pyridine rings is 1. The predicted molar refractivity (Wildman–Crippen MR) is 86.7 cm³/mol. The van der Waals surface area contributed by atoms with Crippen LogP contribution in [0.2, 0.25) is 0 Å². The van der Waals surface area contributed by atoms with Gasteiger partial charge in [-0.1, -0.05) is 12.1 Å². The molecule has 1 aromatic carbocycles. The number of aromatic nitrogens is 1. The first-order valence-corrected chi connectivity index (χ1v) is 7.75. The standard InChI is InChI=1S/C14H14Br2FN3/c15-10-8-11(16)14(19-9-10)20(7-3-6-18)13-5-2-1-4-12(13)17/h1-2,4-5,8-9H,3,6-7,18H2. The van der Waals surface area contributed by atoms with Gasteiger partial charge in [0.25, 0.3) is 0 Å². The molecule has 0 amide bonds. The van der Waals surface area contributed by atoms with Gasteiger partial charge in [-0.3, -0.25) is 0 Å². The molecule has 0 aliphatic heterocycles. The van der Waals surface area contributed by atoms with Crippen molar-refractivity contribution < 1.29 is 4.39 Å². The van der Waals surface area contributed by atoms with Crippen molar-refractivity contribution in [3.8, 4) is 0 Å². The van der Waals surface area contributed by atoms with E-state index < -0.39 is 0 Å². The summed E-state index contributed by atoms with van der Waals surface area (Å²) in [4.78, 5) is 6.21. The average molecular weight is 403 g/mol. The number of benzene rings is 1. The lowest BCUT2D eigenvalue weighted by molar-refractivity contribution is 0.622. The van der Waals surface area contributed by atoms with E-state index in [1.165, 1.54) is 6.07 Å². The third-order valence-corrected chi connectivity index (χ3v) is 3.79. The van der Waals surface area contributed by atoms with Crippen molar-refractivity contribution in [2.75, 3.05) is 18.0 Å². The van der Waals surface area contributed by atoms with E-state index in [1.54, 1.807) is 24.4 Å². The van der Waals surface area contributed by atoms with Crippen molar-refractivity contribution >= 4 is 43.4 Å². The highest BCUT2D eigenvalue weighted by molar-refractivity contribution is 9.11. The van der Waals surface area contributed by atoms with Crippen molar-refractivity contribution in [3.05, 3.63) is 51.3 Å². The van der Waals surface area contributed by atoms with E-state index >= 15 is 0 Å². The molecule has 0 aliphatic carbocycles. The Morgan fingerprint density at radius 2 is 2.00 bits per heavy atom. The molecule has 0 bridgehead atoms. The van der Waals surface area contributed by atoms with Crippen molar-refractivity contribution in [2.24, 2.45) is 5.73 Å². The van der Waals surface area contributed by atoms with Gasteiger partial charge in [0, 0.05) is 17.2 Å². The van der Waals surface area contributed by atoms with E-state index in [0.29, 0.717) is 24.6 Å². The fourth-order valence-electron chi connectivity index (χ4n) is 1.87. The number of halogens is 3. The minimum atomic E-state index is -0.277. The molecule has 0 fully saturated rings. The Balaban J connectivity index is 2.44. The molecule has 0 unspecified atom stereocenters. The SMILES string of the molecule is NCCCN(c1ccccc1F)c1ncc(Br)cc1Br. The number of rotatable bonds is 5. The third-order valence-electron chi connectivity index (χ3n) is 2.77. The molecule has 1 aromatic heterocycles. The van der Waals surface area contributed by atoms with Crippen LogP contribution in [0.1, 0.15) is 6.42 Å². The zero-order valence-electron chi connectivity index (χ0n) is 10.7. The first kappa shape index (κ1) is 15.4. The van der Waals surface area contributed by atoms with E-state index in [2.05, 4.69) is 36.8 Å². The molecule has 0 saturated heterocycles. The van der Waals surface area contributed by atoms with Gasteiger partial charge >= 0.3 is 0 Å². The second-order valence-electron chi connectivity index (χ2n) is 4.20. The van der Waals surface area contributed by atoms with Crippen molar-refractivity contribution in [3.63, 3.8) is 0 Å². The van der Waals surface area contributed by atoms with Crippen LogP contribution in [0.3, 0.4) is 0 Å². The third kappa shape index (κ3) is 3.56. The maximum atomic E-state index is 14.0. The van der Waals surface area contributed by atoms with Crippen molar-refractivity contribution in [1.82, 2.24) is 4.98 Å². The summed E-state index contributed by atoms with van der Waals surface area (Å²) in [7, 11) is 0. The lowest BCUT2D eigenvalue weighted by atomic mass is 10.2. The number of para-hydroxylation sites is 1. The van der Waals surface area contributed by atoms with Crippen LogP contribution in [-0.4, -0.2) is 18.1 Å². The number of hydrogen-bond acceptors (Lipinski definition) is 3. The molecule has 2 aromatic rings. The number of anilines is 2. The molecule has 20 heavy (non-hydrogen) atoms. The Morgan fingerprint density at radius 1 is 1.25 bits per heavy atom. The second-order valence-corrected chi connectivity index (χ2v) is 5.97. The van der Waals surface area contributed by atoms with Gasteiger partial charge in [0.1, 0.15) is 11.6 Å². The molecular formula is C14H14Br2FN3. The zero-order chi connectivity index (χ0) is 14.5. The monoisotopic (exact) mass is 401 g/mol. The topological polar surface area (TPSA) is 42.1 Å². The fourth-order valence-corrected chi connectivity index (χ4v) is 3.07. The molecule has 0 aliphatic rings. The van der Waals surface area contributed by atoms with Crippen LogP contribution in [0.25, 0.3) is 0 Å². The van der Waals surface area contributed by atoms with Gasteiger partial charge in [-0.2, -0.15) is 0 Å². The molecule has 106 valence electrons. The molecule has 0 radical (unpaired) electrons. The lowest BCUT2D eigenvalue weighted by Gasteiger charge is -2.25. The summed E-state index contributed by atoms with van der Waals surface area (Å²) >= 11 is 6.84. The maximum absolute atomic E-state index is 14.0. The van der Waals surface area contributed by atoms with E-state index in [4.69, 9.17) is 5.73 Å². The zero-order valence-corrected chi connectivity index (χ0v) is 13.9. The van der Waals surface area contributed by atoms with Crippen LogP contribution < -0.4 is 10.6 Å². The molecule has 0 spiro atoms. The number of hydrogen-bond donors (Lipinski definition) is 1. The highest BCUT2D eigenvalue weighted by atomic mass is 79.9. The van der Waals surface area contributed by atoms with Crippen LogP contribution in [-0.2, 0) is 0 Å².